The van der Waals surface area contributed by atoms with Gasteiger partial charge in [0.15, 0.2) is 0 Å². The second-order valence-electron chi connectivity index (χ2n) is 11.6. The summed E-state index contributed by atoms with van der Waals surface area (Å²) in [5.74, 6) is 8.19. The van der Waals surface area contributed by atoms with Crippen LogP contribution in [-0.4, -0.2) is 52.2 Å². The summed E-state index contributed by atoms with van der Waals surface area (Å²) < 4.78 is 80.9. The molecule has 254 valence electrons. The van der Waals surface area contributed by atoms with Crippen molar-refractivity contribution in [3.63, 3.8) is 0 Å². The van der Waals surface area contributed by atoms with E-state index in [1.54, 1.807) is 0 Å². The van der Waals surface area contributed by atoms with Crippen LogP contribution in [0.15, 0.2) is 73.6 Å². The van der Waals surface area contributed by atoms with E-state index in [2.05, 4.69) is 53.4 Å². The molecule has 1 amide bonds. The molecule has 50 heavy (non-hydrogen) atoms. The minimum atomic E-state index is -3.16. The maximum absolute atomic E-state index is 13.6. The van der Waals surface area contributed by atoms with Crippen LogP contribution in [0.5, 0.6) is 11.5 Å². The van der Waals surface area contributed by atoms with Crippen LogP contribution in [0.25, 0.3) is 0 Å². The molecule has 0 aliphatic heterocycles. The Bertz CT molecular complexity index is 2040. The molecule has 1 N–H and O–H groups in total. The number of alkyl halides is 4. The molecule has 1 spiro atoms. The number of amides is 1. The highest BCUT2D eigenvalue weighted by atomic mass is 19.3. The summed E-state index contributed by atoms with van der Waals surface area (Å²) in [4.78, 5) is 38.2. The van der Waals surface area contributed by atoms with Gasteiger partial charge < -0.3 is 19.5 Å². The van der Waals surface area contributed by atoms with Crippen LogP contribution in [0.1, 0.15) is 68.7 Å². The normalized spacial score (nSPS) is 16.9. The maximum atomic E-state index is 13.6. The van der Waals surface area contributed by atoms with Crippen molar-refractivity contribution in [2.45, 2.75) is 51.1 Å². The Morgan fingerprint density at radius 3 is 1.98 bits per heavy atom. The van der Waals surface area contributed by atoms with Crippen molar-refractivity contribution < 1.29 is 45.8 Å². The number of esters is 1. The van der Waals surface area contributed by atoms with Crippen molar-refractivity contribution in [1.29, 1.82) is 0 Å². The zero-order chi connectivity index (χ0) is 35.3. The number of carbonyl (C=O) groups excluding carboxylic acids is 2. The fourth-order valence-corrected chi connectivity index (χ4v) is 5.60. The average Bonchev–Trinajstić information content (AvgIpc) is 3.76. The van der Waals surface area contributed by atoms with Crippen molar-refractivity contribution in [2.75, 3.05) is 0 Å². The largest absolute Gasteiger partial charge is 0.457 e. The van der Waals surface area contributed by atoms with E-state index in [1.807, 2.05) is 0 Å². The van der Waals surface area contributed by atoms with Crippen molar-refractivity contribution in [3.05, 3.63) is 113 Å². The molecular formula is C36H25F5N4O5. The van der Waals surface area contributed by atoms with Gasteiger partial charge in [0, 0.05) is 29.7 Å². The monoisotopic (exact) mass is 688 g/mol. The molecule has 0 unspecified atom stereocenters. The summed E-state index contributed by atoms with van der Waals surface area (Å²) >= 11 is 0. The molecule has 2 heterocycles. The van der Waals surface area contributed by atoms with E-state index < -0.39 is 43.1 Å². The second kappa shape index (κ2) is 14.6. The smallest absolute Gasteiger partial charge is 0.387 e. The summed E-state index contributed by atoms with van der Waals surface area (Å²) in [6.07, 6.45) is 8.47. The number of rotatable bonds is 8. The Labute approximate surface area is 282 Å². The molecule has 2 fully saturated rings. The third kappa shape index (κ3) is 8.52. The molecule has 2 atom stereocenters. The lowest BCUT2D eigenvalue weighted by Gasteiger charge is -2.22. The van der Waals surface area contributed by atoms with Gasteiger partial charge in [0.05, 0.1) is 34.5 Å². The van der Waals surface area contributed by atoms with Gasteiger partial charge in [0.1, 0.15) is 29.7 Å². The molecule has 2 aliphatic carbocycles. The van der Waals surface area contributed by atoms with Gasteiger partial charge in [0.2, 0.25) is 0 Å². The molecule has 14 heteroatoms. The zero-order valence-corrected chi connectivity index (χ0v) is 25.8. The van der Waals surface area contributed by atoms with E-state index in [4.69, 9.17) is 4.74 Å². The number of halogens is 5. The van der Waals surface area contributed by atoms with Crippen LogP contribution >= 0.6 is 0 Å². The standard InChI is InChI=1S/C36H25F5N4O5/c37-27-11-21(16-42-19-27)1-3-23-12-25(5-7-29(23)49-34(38)39)32(46)45-28-14-36(9-10-36)15-31(28)48-33(47)26-6-8-30(50-35(40)41)24(13-26)4-2-22-17-43-20-44-18-22/h5-8,11-13,16-20,28,31,34-35H,9-10,14-15H2,(H,45,46)/t28-,31-/m0/s1. The number of carbonyl (C=O) groups is 2. The summed E-state index contributed by atoms with van der Waals surface area (Å²) in [6, 6.07) is 7.99. The number of nitrogens with zero attached hydrogens (tertiary/aromatic N) is 3. The summed E-state index contributed by atoms with van der Waals surface area (Å²) in [5.41, 5.74) is 0.511. The molecule has 0 radical (unpaired) electrons. The fourth-order valence-electron chi connectivity index (χ4n) is 5.60. The molecule has 9 nitrogen and oxygen atoms in total. The number of hydrogen-bond donors (Lipinski definition) is 1. The Morgan fingerprint density at radius 1 is 0.760 bits per heavy atom. The van der Waals surface area contributed by atoms with E-state index in [9.17, 15) is 31.5 Å². The van der Waals surface area contributed by atoms with Crippen LogP contribution < -0.4 is 14.8 Å². The Kier molecular flexibility index (Phi) is 9.90. The highest BCUT2D eigenvalue weighted by Crippen LogP contribution is 2.58. The van der Waals surface area contributed by atoms with Gasteiger partial charge in [-0.15, -0.1) is 0 Å². The van der Waals surface area contributed by atoms with Gasteiger partial charge in [-0.05, 0) is 73.6 Å². The molecule has 2 aromatic heterocycles. The topological polar surface area (TPSA) is 113 Å². The minimum Gasteiger partial charge on any atom is -0.457 e. The highest BCUT2D eigenvalue weighted by Gasteiger charge is 2.54. The Morgan fingerprint density at radius 2 is 1.36 bits per heavy atom. The van der Waals surface area contributed by atoms with E-state index >= 15 is 0 Å². The van der Waals surface area contributed by atoms with Gasteiger partial charge >= 0.3 is 19.2 Å². The second-order valence-corrected chi connectivity index (χ2v) is 11.6. The first-order chi connectivity index (χ1) is 24.1. The molecule has 2 aliphatic rings. The molecule has 6 rings (SSSR count). The summed E-state index contributed by atoms with van der Waals surface area (Å²) in [7, 11) is 0. The van der Waals surface area contributed by atoms with Crippen molar-refractivity contribution in [1.82, 2.24) is 20.3 Å². The molecule has 2 aromatic carbocycles. The highest BCUT2D eigenvalue weighted by molar-refractivity contribution is 5.95. The number of benzene rings is 2. The van der Waals surface area contributed by atoms with Crippen molar-refractivity contribution >= 4 is 11.9 Å². The fraction of sp³-hybridized carbons (Fsp3) is 0.250. The van der Waals surface area contributed by atoms with E-state index in [1.165, 1.54) is 61.3 Å². The number of ether oxygens (including phenoxy) is 3. The first kappa shape index (κ1) is 33.9. The third-order valence-electron chi connectivity index (χ3n) is 8.11. The predicted octanol–water partition coefficient (Wildman–Crippen LogP) is 5.91. The quantitative estimate of drug-likeness (QED) is 0.138. The van der Waals surface area contributed by atoms with E-state index in [0.29, 0.717) is 18.4 Å². The Hall–Kier alpha value is -6.02. The van der Waals surface area contributed by atoms with Gasteiger partial charge in [-0.25, -0.2) is 19.2 Å². The Balaban J connectivity index is 1.20. The van der Waals surface area contributed by atoms with E-state index in [-0.39, 0.29) is 44.7 Å². The number of nitrogens with one attached hydrogen (secondary N) is 1. The first-order valence-corrected chi connectivity index (χ1v) is 15.1. The van der Waals surface area contributed by atoms with Crippen LogP contribution in [0.2, 0.25) is 0 Å². The summed E-state index contributed by atoms with van der Waals surface area (Å²) in [6.45, 7) is -6.29. The molecule has 0 bridgehead atoms. The van der Waals surface area contributed by atoms with Gasteiger partial charge in [-0.3, -0.25) is 9.78 Å². The molecular weight excluding hydrogens is 663 g/mol. The zero-order valence-electron chi connectivity index (χ0n) is 25.8. The maximum Gasteiger partial charge on any atom is 0.387 e. The van der Waals surface area contributed by atoms with Crippen molar-refractivity contribution in [2.24, 2.45) is 5.41 Å². The van der Waals surface area contributed by atoms with Gasteiger partial charge in [-0.2, -0.15) is 17.6 Å². The first-order valence-electron chi connectivity index (χ1n) is 15.1. The van der Waals surface area contributed by atoms with Gasteiger partial charge in [0.25, 0.3) is 5.91 Å². The number of pyridine rings is 1. The van der Waals surface area contributed by atoms with Crippen LogP contribution in [0.3, 0.4) is 0 Å². The summed E-state index contributed by atoms with van der Waals surface area (Å²) in [5, 5.41) is 2.90. The third-order valence-corrected chi connectivity index (χ3v) is 8.11. The number of hydrogen-bond acceptors (Lipinski definition) is 8. The SMILES string of the molecule is O=C(N[C@H]1CC2(CC2)C[C@@H]1OC(=O)c1ccc(OC(F)F)c(C#Cc2cncnc2)c1)c1ccc(OC(F)F)c(C#Cc2cncc(F)c2)c1. The molecule has 0 saturated heterocycles. The molecule has 2 saturated carbocycles. The lowest BCUT2D eigenvalue weighted by atomic mass is 10.1. The van der Waals surface area contributed by atoms with Crippen molar-refractivity contribution in [3.8, 4) is 35.2 Å². The predicted molar refractivity (Wildman–Crippen MR) is 166 cm³/mol. The lowest BCUT2D eigenvalue weighted by Crippen LogP contribution is -2.42. The van der Waals surface area contributed by atoms with Crippen LogP contribution in [-0.2, 0) is 4.74 Å². The minimum absolute atomic E-state index is 0.00498. The molecule has 4 aromatic rings. The lowest BCUT2D eigenvalue weighted by molar-refractivity contribution is -0.0507. The van der Waals surface area contributed by atoms with Gasteiger partial charge in [-0.1, -0.05) is 23.7 Å². The van der Waals surface area contributed by atoms with Crippen LogP contribution in [0, 0.1) is 34.9 Å². The van der Waals surface area contributed by atoms with Crippen LogP contribution in [0.4, 0.5) is 22.0 Å². The average molecular weight is 689 g/mol. The number of aromatic nitrogens is 3. The van der Waals surface area contributed by atoms with E-state index in [0.717, 1.165) is 25.1 Å².